The lowest BCUT2D eigenvalue weighted by molar-refractivity contribution is -0.122. The van der Waals surface area contributed by atoms with Crippen molar-refractivity contribution in [3.63, 3.8) is 0 Å². The van der Waals surface area contributed by atoms with Gasteiger partial charge in [0, 0.05) is 62.0 Å². The van der Waals surface area contributed by atoms with Crippen molar-refractivity contribution in [2.24, 2.45) is 11.7 Å². The molecule has 4 N–H and O–H groups in total. The van der Waals surface area contributed by atoms with E-state index in [9.17, 15) is 14.0 Å². The first kappa shape index (κ1) is 25.7. The number of piperazine rings is 1. The Hall–Kier alpha value is -2.97. The standard InChI is InChI=1S/C29H38FN5O2/c30-23-8-1-4-11-27(23)35-16-14-34(15-17-35)19-22-13-12-21(18-26(22)33-28(36)20-6-5-7-20)29(37)32-25-10-3-2-9-24(25)31/h1,4,8,11-13,18,20,24-25H,2-3,5-7,9-10,14-17,19,31H2,(H,32,37)(H,33,36). The van der Waals surface area contributed by atoms with Crippen molar-refractivity contribution in [3.05, 3.63) is 59.4 Å². The SMILES string of the molecule is NC1CCCCC1NC(=O)c1ccc(CN2CCN(c3ccccc3F)CC2)c(NC(=O)C2CCC2)c1. The molecule has 2 aromatic rings. The van der Waals surface area contributed by atoms with E-state index in [1.807, 2.05) is 30.3 Å². The van der Waals surface area contributed by atoms with Gasteiger partial charge < -0.3 is 21.3 Å². The Labute approximate surface area is 218 Å². The highest BCUT2D eigenvalue weighted by molar-refractivity contribution is 5.98. The quantitative estimate of drug-likeness (QED) is 0.529. The van der Waals surface area contributed by atoms with Crippen LogP contribution in [0.15, 0.2) is 42.5 Å². The van der Waals surface area contributed by atoms with E-state index in [4.69, 9.17) is 5.73 Å². The van der Waals surface area contributed by atoms with E-state index in [0.717, 1.165) is 76.7 Å². The van der Waals surface area contributed by atoms with Crippen LogP contribution < -0.4 is 21.3 Å². The van der Waals surface area contributed by atoms with Gasteiger partial charge in [0.05, 0.1) is 5.69 Å². The highest BCUT2D eigenvalue weighted by Gasteiger charge is 2.28. The first-order valence-electron chi connectivity index (χ1n) is 13.7. The van der Waals surface area contributed by atoms with E-state index in [2.05, 4.69) is 20.4 Å². The van der Waals surface area contributed by atoms with Gasteiger partial charge in [0.2, 0.25) is 5.91 Å². The van der Waals surface area contributed by atoms with Gasteiger partial charge >= 0.3 is 0 Å². The molecule has 1 heterocycles. The molecule has 2 amide bonds. The molecule has 7 nitrogen and oxygen atoms in total. The van der Waals surface area contributed by atoms with Crippen LogP contribution in [0.5, 0.6) is 0 Å². The molecule has 2 atom stereocenters. The Morgan fingerprint density at radius 2 is 1.70 bits per heavy atom. The van der Waals surface area contributed by atoms with Gasteiger partial charge in [-0.05, 0) is 55.5 Å². The number of carbonyl (C=O) groups excluding carboxylic acids is 2. The number of hydrogen-bond donors (Lipinski definition) is 3. The summed E-state index contributed by atoms with van der Waals surface area (Å²) in [5.41, 5.74) is 9.10. The third kappa shape index (κ3) is 6.13. The van der Waals surface area contributed by atoms with Gasteiger partial charge in [-0.25, -0.2) is 4.39 Å². The average molecular weight is 508 g/mol. The fourth-order valence-electron chi connectivity index (χ4n) is 5.56. The molecular weight excluding hydrogens is 469 g/mol. The van der Waals surface area contributed by atoms with Gasteiger partial charge in [-0.15, -0.1) is 0 Å². The van der Waals surface area contributed by atoms with Crippen LogP contribution in [-0.4, -0.2) is 55.0 Å². The van der Waals surface area contributed by atoms with Crippen molar-refractivity contribution in [2.75, 3.05) is 36.4 Å². The number of anilines is 2. The lowest BCUT2D eigenvalue weighted by Crippen LogP contribution is -2.49. The van der Waals surface area contributed by atoms with Crippen molar-refractivity contribution in [2.45, 2.75) is 63.6 Å². The van der Waals surface area contributed by atoms with Gasteiger partial charge in [0.25, 0.3) is 5.91 Å². The molecule has 1 aliphatic heterocycles. The van der Waals surface area contributed by atoms with Crippen molar-refractivity contribution in [1.82, 2.24) is 10.2 Å². The Morgan fingerprint density at radius 1 is 0.946 bits per heavy atom. The zero-order valence-corrected chi connectivity index (χ0v) is 21.4. The largest absolute Gasteiger partial charge is 0.367 e. The summed E-state index contributed by atoms with van der Waals surface area (Å²) in [6.45, 7) is 3.68. The molecule has 2 unspecified atom stereocenters. The number of rotatable bonds is 7. The maximum atomic E-state index is 14.2. The third-order valence-electron chi connectivity index (χ3n) is 8.20. The van der Waals surface area contributed by atoms with Gasteiger partial charge in [0.1, 0.15) is 5.82 Å². The topological polar surface area (TPSA) is 90.7 Å². The fraction of sp³-hybridized carbons (Fsp3) is 0.517. The van der Waals surface area contributed by atoms with Gasteiger partial charge in [-0.1, -0.05) is 37.5 Å². The molecule has 198 valence electrons. The van der Waals surface area contributed by atoms with Gasteiger partial charge in [-0.2, -0.15) is 0 Å². The summed E-state index contributed by atoms with van der Waals surface area (Å²) in [7, 11) is 0. The molecule has 0 spiro atoms. The third-order valence-corrected chi connectivity index (χ3v) is 8.20. The van der Waals surface area contributed by atoms with Crippen molar-refractivity contribution >= 4 is 23.2 Å². The lowest BCUT2D eigenvalue weighted by atomic mass is 9.84. The van der Waals surface area contributed by atoms with E-state index < -0.39 is 0 Å². The Balaban J connectivity index is 1.27. The van der Waals surface area contributed by atoms with Crippen LogP contribution in [0.1, 0.15) is 60.9 Å². The highest BCUT2D eigenvalue weighted by atomic mass is 19.1. The smallest absolute Gasteiger partial charge is 0.251 e. The molecule has 0 radical (unpaired) electrons. The zero-order valence-electron chi connectivity index (χ0n) is 21.4. The predicted octanol–water partition coefficient (Wildman–Crippen LogP) is 3.89. The van der Waals surface area contributed by atoms with Crippen LogP contribution in [0.2, 0.25) is 0 Å². The predicted molar refractivity (Wildman–Crippen MR) is 144 cm³/mol. The van der Waals surface area contributed by atoms with E-state index in [1.54, 1.807) is 6.07 Å². The minimum atomic E-state index is -0.194. The minimum absolute atomic E-state index is 0.0142. The van der Waals surface area contributed by atoms with Gasteiger partial charge in [0.15, 0.2) is 0 Å². The summed E-state index contributed by atoms with van der Waals surface area (Å²) in [6, 6.07) is 12.5. The van der Waals surface area contributed by atoms with Crippen LogP contribution in [0.4, 0.5) is 15.8 Å². The Bertz CT molecular complexity index is 1110. The maximum Gasteiger partial charge on any atom is 0.251 e. The fourth-order valence-corrected chi connectivity index (χ4v) is 5.56. The first-order valence-corrected chi connectivity index (χ1v) is 13.7. The second-order valence-electron chi connectivity index (χ2n) is 10.7. The van der Waals surface area contributed by atoms with Crippen LogP contribution in [-0.2, 0) is 11.3 Å². The number of amides is 2. The minimum Gasteiger partial charge on any atom is -0.367 e. The van der Waals surface area contributed by atoms with Crippen LogP contribution in [0.25, 0.3) is 0 Å². The van der Waals surface area contributed by atoms with Crippen LogP contribution in [0.3, 0.4) is 0 Å². The second-order valence-corrected chi connectivity index (χ2v) is 10.7. The molecule has 1 saturated heterocycles. The van der Waals surface area contributed by atoms with E-state index in [-0.39, 0.29) is 35.6 Å². The van der Waals surface area contributed by atoms with Crippen LogP contribution >= 0.6 is 0 Å². The summed E-state index contributed by atoms with van der Waals surface area (Å²) >= 11 is 0. The number of nitrogens with two attached hydrogens (primary N) is 1. The average Bonchev–Trinajstić information content (AvgIpc) is 2.86. The van der Waals surface area contributed by atoms with Crippen molar-refractivity contribution in [3.8, 4) is 0 Å². The summed E-state index contributed by atoms with van der Waals surface area (Å²) in [4.78, 5) is 30.3. The van der Waals surface area contributed by atoms with E-state index in [1.165, 1.54) is 6.07 Å². The molecule has 3 fully saturated rings. The molecule has 2 aliphatic carbocycles. The molecule has 0 bridgehead atoms. The molecular formula is C29H38FN5O2. The zero-order chi connectivity index (χ0) is 25.8. The first-order chi connectivity index (χ1) is 18.0. The summed E-state index contributed by atoms with van der Waals surface area (Å²) < 4.78 is 14.2. The molecule has 3 aliphatic rings. The van der Waals surface area contributed by atoms with Crippen molar-refractivity contribution in [1.29, 1.82) is 0 Å². The normalized spacial score (nSPS) is 22.8. The number of para-hydroxylation sites is 1. The van der Waals surface area contributed by atoms with Crippen molar-refractivity contribution < 1.29 is 14.0 Å². The van der Waals surface area contributed by atoms with Gasteiger partial charge in [-0.3, -0.25) is 14.5 Å². The van der Waals surface area contributed by atoms with Crippen LogP contribution in [0, 0.1) is 11.7 Å². The number of carbonyl (C=O) groups is 2. The molecule has 2 saturated carbocycles. The number of hydrogen-bond acceptors (Lipinski definition) is 5. The lowest BCUT2D eigenvalue weighted by Gasteiger charge is -2.36. The summed E-state index contributed by atoms with van der Waals surface area (Å²) in [5, 5.41) is 6.23. The summed E-state index contributed by atoms with van der Waals surface area (Å²) in [5.74, 6) is -0.259. The number of nitrogens with zero attached hydrogens (tertiary/aromatic N) is 2. The molecule has 5 rings (SSSR count). The van der Waals surface area contributed by atoms with E-state index >= 15 is 0 Å². The van der Waals surface area contributed by atoms with E-state index in [0.29, 0.717) is 23.5 Å². The number of halogens is 1. The highest BCUT2D eigenvalue weighted by Crippen LogP contribution is 2.29. The monoisotopic (exact) mass is 507 g/mol. The molecule has 37 heavy (non-hydrogen) atoms. The summed E-state index contributed by atoms with van der Waals surface area (Å²) in [6.07, 6.45) is 6.92. The molecule has 8 heteroatoms. The second kappa shape index (κ2) is 11.6. The maximum absolute atomic E-state index is 14.2. The molecule has 2 aromatic carbocycles. The number of nitrogens with one attached hydrogen (secondary N) is 2. The number of benzene rings is 2. The Kier molecular flexibility index (Phi) is 8.05. The molecule has 0 aromatic heterocycles. The Morgan fingerprint density at radius 3 is 2.41 bits per heavy atom.